The molecule has 0 amide bonds. The highest BCUT2D eigenvalue weighted by Gasteiger charge is 2.21. The molecule has 5 N–H and O–H groups in total. The summed E-state index contributed by atoms with van der Waals surface area (Å²) in [6.07, 6.45) is 12.8. The molecular formula is C20H35N5. The Kier molecular flexibility index (Phi) is 9.70. The van der Waals surface area contributed by atoms with Crippen LogP contribution in [0.5, 0.6) is 0 Å². The van der Waals surface area contributed by atoms with Crippen LogP contribution in [-0.4, -0.2) is 36.9 Å². The van der Waals surface area contributed by atoms with Gasteiger partial charge in [0.15, 0.2) is 0 Å². The lowest BCUT2D eigenvalue weighted by Gasteiger charge is -2.35. The maximum atomic E-state index is 6.09. The Balaban J connectivity index is 2.34. The molecule has 0 aromatic carbocycles. The molecule has 1 atom stereocenters. The number of piperidine rings is 1. The van der Waals surface area contributed by atoms with E-state index in [1.165, 1.54) is 5.57 Å². The van der Waals surface area contributed by atoms with E-state index in [9.17, 15) is 0 Å². The molecule has 140 valence electrons. The first-order valence-corrected chi connectivity index (χ1v) is 9.13. The van der Waals surface area contributed by atoms with Gasteiger partial charge in [0.2, 0.25) is 0 Å². The van der Waals surface area contributed by atoms with Crippen LogP contribution >= 0.6 is 0 Å². The summed E-state index contributed by atoms with van der Waals surface area (Å²) in [7, 11) is 0. The standard InChI is InChI=1S/C20H35N5/c1-5-7-18(6-2)15-24-17(4)25-12-9-19(10-13-25)14-20(22)23-11-8-16(3)21/h5-8,11,19-20,24H,4,9-10,12-15,21-22H2,1-3H3/b7-5-,16-8-,18-6+,23-11-. The van der Waals surface area contributed by atoms with Crippen molar-refractivity contribution in [2.24, 2.45) is 22.4 Å². The molecule has 1 unspecified atom stereocenters. The topological polar surface area (TPSA) is 79.7 Å². The van der Waals surface area contributed by atoms with Crippen LogP contribution in [0.4, 0.5) is 0 Å². The second-order valence-electron chi connectivity index (χ2n) is 6.61. The molecule has 1 heterocycles. The molecule has 1 aliphatic heterocycles. The van der Waals surface area contributed by atoms with Gasteiger partial charge in [0.25, 0.3) is 0 Å². The third-order valence-corrected chi connectivity index (χ3v) is 4.43. The Bertz CT molecular complexity index is 518. The number of aliphatic imine (C=N–C) groups is 1. The Hall–Kier alpha value is -2.01. The van der Waals surface area contributed by atoms with Crippen molar-refractivity contribution in [2.45, 2.75) is 46.2 Å². The molecule has 0 aliphatic carbocycles. The van der Waals surface area contributed by atoms with Gasteiger partial charge in [0.1, 0.15) is 0 Å². The molecule has 0 aromatic heterocycles. The van der Waals surface area contributed by atoms with E-state index in [4.69, 9.17) is 11.5 Å². The van der Waals surface area contributed by atoms with Crippen molar-refractivity contribution in [1.29, 1.82) is 0 Å². The minimum Gasteiger partial charge on any atom is -0.402 e. The van der Waals surface area contributed by atoms with Crippen LogP contribution in [0.15, 0.2) is 53.0 Å². The first-order chi connectivity index (χ1) is 12.0. The summed E-state index contributed by atoms with van der Waals surface area (Å²) in [6.45, 7) is 13.0. The van der Waals surface area contributed by atoms with Crippen LogP contribution in [0.1, 0.15) is 40.0 Å². The third kappa shape index (κ3) is 8.59. The summed E-state index contributed by atoms with van der Waals surface area (Å²) in [4.78, 5) is 6.66. The molecule has 25 heavy (non-hydrogen) atoms. The van der Waals surface area contributed by atoms with Crippen LogP contribution in [0.3, 0.4) is 0 Å². The second kappa shape index (κ2) is 11.5. The van der Waals surface area contributed by atoms with E-state index in [-0.39, 0.29) is 6.17 Å². The molecule has 0 spiro atoms. The lowest BCUT2D eigenvalue weighted by Crippen LogP contribution is -2.39. The quantitative estimate of drug-likeness (QED) is 0.443. The van der Waals surface area contributed by atoms with Crippen LogP contribution < -0.4 is 16.8 Å². The number of allylic oxidation sites excluding steroid dienone is 4. The summed E-state index contributed by atoms with van der Waals surface area (Å²) < 4.78 is 0. The fourth-order valence-corrected chi connectivity index (χ4v) is 2.90. The first kappa shape index (κ1) is 21.0. The van der Waals surface area contributed by atoms with Gasteiger partial charge in [-0.1, -0.05) is 24.8 Å². The number of hydrogen-bond acceptors (Lipinski definition) is 5. The molecule has 5 heteroatoms. The minimum absolute atomic E-state index is 0.147. The average molecular weight is 346 g/mol. The monoisotopic (exact) mass is 345 g/mol. The molecule has 1 saturated heterocycles. The van der Waals surface area contributed by atoms with Gasteiger partial charge in [-0.2, -0.15) is 0 Å². The van der Waals surface area contributed by atoms with E-state index < -0.39 is 0 Å². The normalized spacial score (nSPS) is 19.0. The lowest BCUT2D eigenvalue weighted by atomic mass is 9.92. The van der Waals surface area contributed by atoms with Crippen molar-refractivity contribution < 1.29 is 0 Å². The maximum absolute atomic E-state index is 6.09. The summed E-state index contributed by atoms with van der Waals surface area (Å²) in [5, 5.41) is 3.43. The summed E-state index contributed by atoms with van der Waals surface area (Å²) in [5.41, 5.74) is 13.7. The third-order valence-electron chi connectivity index (χ3n) is 4.43. The molecule has 0 bridgehead atoms. The summed E-state index contributed by atoms with van der Waals surface area (Å²) >= 11 is 0. The van der Waals surface area contributed by atoms with E-state index >= 15 is 0 Å². The molecule has 0 radical (unpaired) electrons. The zero-order valence-corrected chi connectivity index (χ0v) is 16.0. The predicted octanol–water partition coefficient (Wildman–Crippen LogP) is 2.89. The molecule has 0 aromatic rings. The van der Waals surface area contributed by atoms with Gasteiger partial charge in [0, 0.05) is 31.5 Å². The van der Waals surface area contributed by atoms with Crippen molar-refractivity contribution in [1.82, 2.24) is 10.2 Å². The van der Waals surface area contributed by atoms with Crippen molar-refractivity contribution in [2.75, 3.05) is 19.6 Å². The Morgan fingerprint density at radius 3 is 2.60 bits per heavy atom. The van der Waals surface area contributed by atoms with Crippen LogP contribution in [0, 0.1) is 5.92 Å². The number of rotatable bonds is 9. The van der Waals surface area contributed by atoms with Crippen molar-refractivity contribution in [3.05, 3.63) is 48.0 Å². The molecule has 1 rings (SSSR count). The van der Waals surface area contributed by atoms with Gasteiger partial charge in [-0.25, -0.2) is 0 Å². The zero-order chi connectivity index (χ0) is 18.7. The number of nitrogens with one attached hydrogen (secondary N) is 1. The van der Waals surface area contributed by atoms with Crippen molar-refractivity contribution in [3.63, 3.8) is 0 Å². The Morgan fingerprint density at radius 2 is 2.04 bits per heavy atom. The molecule has 0 saturated carbocycles. The van der Waals surface area contributed by atoms with E-state index in [1.807, 2.05) is 13.8 Å². The van der Waals surface area contributed by atoms with Crippen molar-refractivity contribution >= 4 is 6.21 Å². The fourth-order valence-electron chi connectivity index (χ4n) is 2.90. The van der Waals surface area contributed by atoms with Crippen LogP contribution in [-0.2, 0) is 0 Å². The molecule has 1 fully saturated rings. The SMILES string of the molecule is C=C(NCC(/C=C\C)=C/C)N1CCC(CC(N)/N=C\C=C(\C)N)CC1. The highest BCUT2D eigenvalue weighted by Crippen LogP contribution is 2.23. The van der Waals surface area contributed by atoms with Crippen molar-refractivity contribution in [3.8, 4) is 0 Å². The van der Waals surface area contributed by atoms with Gasteiger partial charge in [0.05, 0.1) is 12.0 Å². The van der Waals surface area contributed by atoms with E-state index in [0.717, 1.165) is 50.4 Å². The zero-order valence-electron chi connectivity index (χ0n) is 16.0. The first-order valence-electron chi connectivity index (χ1n) is 9.13. The van der Waals surface area contributed by atoms with E-state index in [2.05, 4.69) is 46.9 Å². The Morgan fingerprint density at radius 1 is 1.36 bits per heavy atom. The van der Waals surface area contributed by atoms with Gasteiger partial charge in [-0.3, -0.25) is 4.99 Å². The largest absolute Gasteiger partial charge is 0.402 e. The van der Waals surface area contributed by atoms with Crippen LogP contribution in [0.2, 0.25) is 0 Å². The average Bonchev–Trinajstić information content (AvgIpc) is 2.58. The molecular weight excluding hydrogens is 310 g/mol. The number of likely N-dealkylation sites (tertiary alicyclic amines) is 1. The summed E-state index contributed by atoms with van der Waals surface area (Å²) in [5.74, 6) is 1.63. The predicted molar refractivity (Wildman–Crippen MR) is 109 cm³/mol. The highest BCUT2D eigenvalue weighted by atomic mass is 15.2. The van der Waals surface area contributed by atoms with Gasteiger partial charge < -0.3 is 21.7 Å². The molecule has 5 nitrogen and oxygen atoms in total. The maximum Gasteiger partial charge on any atom is 0.0971 e. The van der Waals surface area contributed by atoms with E-state index in [1.54, 1.807) is 12.3 Å². The Labute approximate surface area is 153 Å². The van der Waals surface area contributed by atoms with Crippen LogP contribution in [0.25, 0.3) is 0 Å². The smallest absolute Gasteiger partial charge is 0.0971 e. The lowest BCUT2D eigenvalue weighted by molar-refractivity contribution is 0.204. The number of nitrogens with two attached hydrogens (primary N) is 2. The highest BCUT2D eigenvalue weighted by molar-refractivity contribution is 5.71. The van der Waals surface area contributed by atoms with Gasteiger partial charge >= 0.3 is 0 Å². The van der Waals surface area contributed by atoms with Gasteiger partial charge in [-0.05, 0) is 57.6 Å². The number of nitrogens with zero attached hydrogens (tertiary/aromatic N) is 2. The summed E-state index contributed by atoms with van der Waals surface area (Å²) in [6, 6.07) is 0. The molecule has 1 aliphatic rings. The van der Waals surface area contributed by atoms with Gasteiger partial charge in [-0.15, -0.1) is 0 Å². The fraction of sp³-hybridized carbons (Fsp3) is 0.550. The minimum atomic E-state index is -0.147. The van der Waals surface area contributed by atoms with E-state index in [0.29, 0.717) is 5.92 Å². The number of hydrogen-bond donors (Lipinski definition) is 3. The second-order valence-corrected chi connectivity index (χ2v) is 6.61.